The first-order chi connectivity index (χ1) is 16.2. The number of ether oxygens (including phenoxy) is 3. The van der Waals surface area contributed by atoms with Crippen LogP contribution in [-0.4, -0.2) is 51.6 Å². The van der Waals surface area contributed by atoms with Crippen LogP contribution in [0.3, 0.4) is 0 Å². The van der Waals surface area contributed by atoms with Gasteiger partial charge < -0.3 is 24.6 Å². The summed E-state index contributed by atoms with van der Waals surface area (Å²) < 4.78 is 30.2. The molecule has 184 valence electrons. The molecule has 0 spiro atoms. The second-order valence-electron chi connectivity index (χ2n) is 8.13. The predicted octanol–water partition coefficient (Wildman–Crippen LogP) is 0.818. The van der Waals surface area contributed by atoms with Gasteiger partial charge in [-0.05, 0) is 11.5 Å². The standard InChI is InChI=1S/C22H26FN3O8/c1-12(2)18(24-22(31)33-10-13-6-4-3-5-7-13)20(29)32-11-16-15(27)8-17(34-16)26-9-14(23)19(28)25-21(26)30/h3-7,9,12,15-18,27H,8,10-11H2,1-2H3,(H,24,31)(H,25,28,30)/t15?,16-,17-,18-/m0/s1. The maximum Gasteiger partial charge on any atom is 0.408 e. The van der Waals surface area contributed by atoms with Gasteiger partial charge in [-0.2, -0.15) is 4.39 Å². The van der Waals surface area contributed by atoms with Crippen molar-refractivity contribution in [2.75, 3.05) is 6.61 Å². The third-order valence-corrected chi connectivity index (χ3v) is 5.24. The SMILES string of the molecule is CC(C)[C@H](NC(=O)OCc1ccccc1)C(=O)OC[C@@H]1O[C@H](n2cc(F)c(=O)[nH]c2=O)CC1O. The summed E-state index contributed by atoms with van der Waals surface area (Å²) in [7, 11) is 0. The van der Waals surface area contributed by atoms with E-state index in [0.717, 1.165) is 10.1 Å². The number of aliphatic hydroxyl groups is 1. The first kappa shape index (κ1) is 25.1. The van der Waals surface area contributed by atoms with Crippen molar-refractivity contribution in [2.45, 2.75) is 51.4 Å². The number of aliphatic hydroxyl groups excluding tert-OH is 1. The molecule has 0 radical (unpaired) electrons. The fourth-order valence-electron chi connectivity index (χ4n) is 3.35. The molecule has 3 rings (SSSR count). The molecule has 4 atom stereocenters. The fraction of sp³-hybridized carbons (Fsp3) is 0.455. The average molecular weight is 479 g/mol. The molecule has 1 aliphatic heterocycles. The van der Waals surface area contributed by atoms with Crippen LogP contribution in [0.15, 0.2) is 46.1 Å². The first-order valence-electron chi connectivity index (χ1n) is 10.6. The topological polar surface area (TPSA) is 149 Å². The third-order valence-electron chi connectivity index (χ3n) is 5.24. The number of nitrogens with zero attached hydrogens (tertiary/aromatic N) is 1. The van der Waals surface area contributed by atoms with Crippen LogP contribution in [0.1, 0.15) is 32.1 Å². The molecule has 12 heteroatoms. The van der Waals surface area contributed by atoms with E-state index in [-0.39, 0.29) is 25.6 Å². The zero-order chi connectivity index (χ0) is 24.8. The summed E-state index contributed by atoms with van der Waals surface area (Å²) in [5.41, 5.74) is -1.29. The Morgan fingerprint density at radius 3 is 2.65 bits per heavy atom. The van der Waals surface area contributed by atoms with Crippen LogP contribution < -0.4 is 16.6 Å². The second-order valence-corrected chi connectivity index (χ2v) is 8.13. The molecule has 1 amide bonds. The minimum Gasteiger partial charge on any atom is -0.461 e. The Morgan fingerprint density at radius 2 is 1.97 bits per heavy atom. The molecule has 34 heavy (non-hydrogen) atoms. The number of benzene rings is 1. The number of H-pyrrole nitrogens is 1. The number of carbonyl (C=O) groups is 2. The number of amides is 1. The van der Waals surface area contributed by atoms with Crippen molar-refractivity contribution in [2.24, 2.45) is 5.92 Å². The van der Waals surface area contributed by atoms with Crippen LogP contribution in [0, 0.1) is 11.7 Å². The number of aromatic amines is 1. The molecule has 1 unspecified atom stereocenters. The molecule has 2 aromatic rings. The van der Waals surface area contributed by atoms with E-state index in [2.05, 4.69) is 5.32 Å². The maximum absolute atomic E-state index is 13.5. The minimum absolute atomic E-state index is 0.0285. The van der Waals surface area contributed by atoms with Crippen molar-refractivity contribution >= 4 is 12.1 Å². The van der Waals surface area contributed by atoms with Gasteiger partial charge in [0.15, 0.2) is 0 Å². The highest BCUT2D eigenvalue weighted by atomic mass is 19.1. The largest absolute Gasteiger partial charge is 0.461 e. The van der Waals surface area contributed by atoms with Gasteiger partial charge in [0, 0.05) is 6.42 Å². The molecule has 0 bridgehead atoms. The number of hydrogen-bond acceptors (Lipinski definition) is 8. The number of aromatic nitrogens is 2. The number of hydrogen-bond donors (Lipinski definition) is 3. The van der Waals surface area contributed by atoms with Crippen LogP contribution in [0.4, 0.5) is 9.18 Å². The van der Waals surface area contributed by atoms with E-state index in [1.165, 1.54) is 0 Å². The van der Waals surface area contributed by atoms with E-state index in [9.17, 15) is 28.7 Å². The predicted molar refractivity (Wildman–Crippen MR) is 115 cm³/mol. The van der Waals surface area contributed by atoms with Crippen molar-refractivity contribution in [3.63, 3.8) is 0 Å². The Bertz CT molecular complexity index is 1120. The Hall–Kier alpha value is -3.51. The number of rotatable bonds is 8. The molecule has 1 aliphatic rings. The Morgan fingerprint density at radius 1 is 1.26 bits per heavy atom. The van der Waals surface area contributed by atoms with Gasteiger partial charge in [-0.1, -0.05) is 44.2 Å². The zero-order valence-electron chi connectivity index (χ0n) is 18.6. The molecule has 0 saturated carbocycles. The van der Waals surface area contributed by atoms with Gasteiger partial charge in [-0.15, -0.1) is 0 Å². The van der Waals surface area contributed by atoms with Crippen LogP contribution in [-0.2, 0) is 25.6 Å². The van der Waals surface area contributed by atoms with E-state index >= 15 is 0 Å². The lowest BCUT2D eigenvalue weighted by Crippen LogP contribution is -2.46. The maximum atomic E-state index is 13.5. The number of carbonyl (C=O) groups excluding carboxylic acids is 2. The van der Waals surface area contributed by atoms with Crippen molar-refractivity contribution in [1.29, 1.82) is 0 Å². The molecule has 1 aromatic heterocycles. The van der Waals surface area contributed by atoms with Crippen molar-refractivity contribution in [3.05, 3.63) is 68.7 Å². The van der Waals surface area contributed by atoms with Gasteiger partial charge in [0.25, 0.3) is 5.56 Å². The minimum atomic E-state index is -1.18. The summed E-state index contributed by atoms with van der Waals surface area (Å²) in [6.45, 7) is 3.07. The summed E-state index contributed by atoms with van der Waals surface area (Å²) in [4.78, 5) is 49.6. The van der Waals surface area contributed by atoms with Crippen LogP contribution in [0.5, 0.6) is 0 Å². The lowest BCUT2D eigenvalue weighted by atomic mass is 10.1. The van der Waals surface area contributed by atoms with E-state index in [4.69, 9.17) is 14.2 Å². The van der Waals surface area contributed by atoms with E-state index in [1.807, 2.05) is 11.1 Å². The quantitative estimate of drug-likeness (QED) is 0.471. The van der Waals surface area contributed by atoms with Gasteiger partial charge in [0.05, 0.1) is 12.3 Å². The van der Waals surface area contributed by atoms with Gasteiger partial charge in [-0.25, -0.2) is 14.4 Å². The molecule has 3 N–H and O–H groups in total. The summed E-state index contributed by atoms with van der Waals surface area (Å²) in [6.07, 6.45) is -3.40. The van der Waals surface area contributed by atoms with Crippen molar-refractivity contribution < 1.29 is 33.3 Å². The first-order valence-corrected chi connectivity index (χ1v) is 10.6. The normalized spacial score (nSPS) is 20.7. The number of esters is 1. The smallest absolute Gasteiger partial charge is 0.408 e. The summed E-state index contributed by atoms with van der Waals surface area (Å²) in [6, 6.07) is 8.00. The number of halogens is 1. The van der Waals surface area contributed by atoms with Gasteiger partial charge >= 0.3 is 17.8 Å². The third kappa shape index (κ3) is 6.29. The van der Waals surface area contributed by atoms with E-state index < -0.39 is 53.6 Å². The molecule has 1 aromatic carbocycles. The molecule has 1 fully saturated rings. The second kappa shape index (κ2) is 11.1. The van der Waals surface area contributed by atoms with E-state index in [1.54, 1.807) is 38.1 Å². The fourth-order valence-corrected chi connectivity index (χ4v) is 3.35. The lowest BCUT2D eigenvalue weighted by Gasteiger charge is -2.22. The molecular formula is C22H26FN3O8. The summed E-state index contributed by atoms with van der Waals surface area (Å²) >= 11 is 0. The highest BCUT2D eigenvalue weighted by molar-refractivity contribution is 5.81. The van der Waals surface area contributed by atoms with Gasteiger partial charge in [0.1, 0.15) is 31.6 Å². The van der Waals surface area contributed by atoms with Crippen LogP contribution in [0.2, 0.25) is 0 Å². The molecule has 11 nitrogen and oxygen atoms in total. The van der Waals surface area contributed by atoms with Crippen molar-refractivity contribution in [1.82, 2.24) is 14.9 Å². The Labute approximate surface area is 193 Å². The monoisotopic (exact) mass is 479 g/mol. The van der Waals surface area contributed by atoms with Gasteiger partial charge in [-0.3, -0.25) is 14.3 Å². The average Bonchev–Trinajstić information content (AvgIpc) is 3.17. The number of alkyl carbamates (subject to hydrolysis) is 1. The Balaban J connectivity index is 1.54. The summed E-state index contributed by atoms with van der Waals surface area (Å²) in [5.74, 6) is -2.28. The highest BCUT2D eigenvalue weighted by Gasteiger charge is 2.37. The molecule has 2 heterocycles. The number of nitrogens with one attached hydrogen (secondary N) is 2. The van der Waals surface area contributed by atoms with Gasteiger partial charge in [0.2, 0.25) is 5.82 Å². The summed E-state index contributed by atoms with van der Waals surface area (Å²) in [5, 5.41) is 12.7. The van der Waals surface area contributed by atoms with Crippen molar-refractivity contribution in [3.8, 4) is 0 Å². The lowest BCUT2D eigenvalue weighted by molar-refractivity contribution is -0.153. The highest BCUT2D eigenvalue weighted by Crippen LogP contribution is 2.28. The molecule has 1 saturated heterocycles. The Kier molecular flexibility index (Phi) is 8.18. The zero-order valence-corrected chi connectivity index (χ0v) is 18.6. The van der Waals surface area contributed by atoms with Crippen LogP contribution in [0.25, 0.3) is 0 Å². The van der Waals surface area contributed by atoms with Crippen LogP contribution >= 0.6 is 0 Å². The molecule has 0 aliphatic carbocycles. The molecular weight excluding hydrogens is 453 g/mol. The van der Waals surface area contributed by atoms with E-state index in [0.29, 0.717) is 6.20 Å².